The molecular weight excluding hydrogens is 336 g/mol. The number of fused-ring (bicyclic) bond motifs is 2. The number of nitrogens with zero attached hydrogens (tertiary/aromatic N) is 2. The van der Waals surface area contributed by atoms with Crippen molar-refractivity contribution in [3.8, 4) is 0 Å². The standard InChI is InChI=1S/C18H12N4O2S/c23-17(12-8-9-15-16(10-12)22-25-21-15)19-20-18(24)14-7-3-5-11-4-1-2-6-13(11)14/h1-10H,(H,19,23)(H,20,24). The van der Waals surface area contributed by atoms with Crippen molar-refractivity contribution in [3.05, 3.63) is 71.8 Å². The number of hydrazine groups is 1. The molecule has 0 unspecified atom stereocenters. The largest absolute Gasteiger partial charge is 0.270 e. The zero-order chi connectivity index (χ0) is 17.2. The van der Waals surface area contributed by atoms with Gasteiger partial charge in [0.25, 0.3) is 11.8 Å². The minimum Gasteiger partial charge on any atom is -0.267 e. The first-order valence-electron chi connectivity index (χ1n) is 7.53. The fraction of sp³-hybridized carbons (Fsp3) is 0. The van der Waals surface area contributed by atoms with Crippen LogP contribution in [0.3, 0.4) is 0 Å². The Hall–Kier alpha value is -3.32. The molecule has 6 nitrogen and oxygen atoms in total. The van der Waals surface area contributed by atoms with Gasteiger partial charge in [0.15, 0.2) is 0 Å². The zero-order valence-electron chi connectivity index (χ0n) is 12.9. The Kier molecular flexibility index (Phi) is 3.83. The van der Waals surface area contributed by atoms with Crippen LogP contribution in [0.15, 0.2) is 60.7 Å². The molecule has 4 aromatic rings. The summed E-state index contributed by atoms with van der Waals surface area (Å²) in [5, 5.41) is 1.79. The monoisotopic (exact) mass is 348 g/mol. The first kappa shape index (κ1) is 15.2. The number of carbonyl (C=O) groups excluding carboxylic acids is 2. The summed E-state index contributed by atoms with van der Waals surface area (Å²) in [6, 6.07) is 18.0. The molecule has 0 saturated carbocycles. The van der Waals surface area contributed by atoms with Gasteiger partial charge in [-0.25, -0.2) is 0 Å². The minimum absolute atomic E-state index is 0.374. The second-order valence-corrected chi connectivity index (χ2v) is 5.93. The minimum atomic E-state index is -0.413. The Morgan fingerprint density at radius 1 is 0.800 bits per heavy atom. The molecule has 2 N–H and O–H groups in total. The number of aromatic nitrogens is 2. The Morgan fingerprint density at radius 2 is 1.56 bits per heavy atom. The van der Waals surface area contributed by atoms with Gasteiger partial charge in [0, 0.05) is 11.1 Å². The summed E-state index contributed by atoms with van der Waals surface area (Å²) in [4.78, 5) is 24.7. The third-order valence-electron chi connectivity index (χ3n) is 3.84. The van der Waals surface area contributed by atoms with Gasteiger partial charge in [-0.2, -0.15) is 8.75 Å². The van der Waals surface area contributed by atoms with E-state index in [0.717, 1.165) is 28.0 Å². The van der Waals surface area contributed by atoms with E-state index in [1.54, 1.807) is 24.3 Å². The van der Waals surface area contributed by atoms with Gasteiger partial charge >= 0.3 is 0 Å². The van der Waals surface area contributed by atoms with E-state index in [1.165, 1.54) is 0 Å². The van der Waals surface area contributed by atoms with Gasteiger partial charge in [0.05, 0.1) is 11.7 Å². The Morgan fingerprint density at radius 3 is 2.48 bits per heavy atom. The van der Waals surface area contributed by atoms with Crippen LogP contribution in [0.4, 0.5) is 0 Å². The molecule has 0 atom stereocenters. The summed E-state index contributed by atoms with van der Waals surface area (Å²) in [6.45, 7) is 0. The van der Waals surface area contributed by atoms with Crippen molar-refractivity contribution in [2.24, 2.45) is 0 Å². The van der Waals surface area contributed by atoms with Gasteiger partial charge in [0.1, 0.15) is 11.0 Å². The van der Waals surface area contributed by atoms with E-state index >= 15 is 0 Å². The molecule has 0 bridgehead atoms. The van der Waals surface area contributed by atoms with Crippen molar-refractivity contribution in [2.75, 3.05) is 0 Å². The molecule has 1 aromatic heterocycles. The number of rotatable bonds is 2. The summed E-state index contributed by atoms with van der Waals surface area (Å²) >= 11 is 1.09. The molecule has 0 saturated heterocycles. The zero-order valence-corrected chi connectivity index (χ0v) is 13.7. The number of hydrogen-bond acceptors (Lipinski definition) is 5. The van der Waals surface area contributed by atoms with E-state index in [0.29, 0.717) is 16.6 Å². The fourth-order valence-electron chi connectivity index (χ4n) is 2.60. The molecule has 0 spiro atoms. The number of carbonyl (C=O) groups is 2. The molecule has 0 aliphatic carbocycles. The van der Waals surface area contributed by atoms with E-state index in [-0.39, 0.29) is 5.91 Å². The van der Waals surface area contributed by atoms with E-state index in [4.69, 9.17) is 0 Å². The average Bonchev–Trinajstić information content (AvgIpc) is 3.13. The van der Waals surface area contributed by atoms with Crippen molar-refractivity contribution in [1.29, 1.82) is 0 Å². The van der Waals surface area contributed by atoms with Crippen LogP contribution in [0.25, 0.3) is 21.8 Å². The van der Waals surface area contributed by atoms with Crippen LogP contribution in [0, 0.1) is 0 Å². The van der Waals surface area contributed by atoms with E-state index in [9.17, 15) is 9.59 Å². The van der Waals surface area contributed by atoms with Crippen LogP contribution in [0.1, 0.15) is 20.7 Å². The van der Waals surface area contributed by atoms with Crippen LogP contribution >= 0.6 is 11.7 Å². The smallest absolute Gasteiger partial charge is 0.267 e. The number of nitrogens with one attached hydrogen (secondary N) is 2. The van der Waals surface area contributed by atoms with E-state index in [2.05, 4.69) is 19.6 Å². The maximum Gasteiger partial charge on any atom is 0.270 e. The summed E-state index contributed by atoms with van der Waals surface area (Å²) in [6.07, 6.45) is 0. The molecular formula is C18H12N4O2S. The topological polar surface area (TPSA) is 84.0 Å². The third-order valence-corrected chi connectivity index (χ3v) is 4.40. The lowest BCUT2D eigenvalue weighted by atomic mass is 10.0. The molecule has 3 aromatic carbocycles. The fourth-order valence-corrected chi connectivity index (χ4v) is 3.12. The van der Waals surface area contributed by atoms with Crippen molar-refractivity contribution < 1.29 is 9.59 Å². The summed E-state index contributed by atoms with van der Waals surface area (Å²) in [5.74, 6) is -0.787. The molecule has 0 aliphatic heterocycles. The van der Waals surface area contributed by atoms with Crippen molar-refractivity contribution in [2.45, 2.75) is 0 Å². The van der Waals surface area contributed by atoms with Crippen LogP contribution in [-0.2, 0) is 0 Å². The molecule has 0 radical (unpaired) electrons. The number of hydrogen-bond donors (Lipinski definition) is 2. The predicted molar refractivity (Wildman–Crippen MR) is 96.3 cm³/mol. The SMILES string of the molecule is O=C(NNC(=O)c1cccc2ccccc12)c1ccc2nsnc2c1. The molecule has 7 heteroatoms. The second kappa shape index (κ2) is 6.29. The van der Waals surface area contributed by atoms with Gasteiger partial charge in [-0.3, -0.25) is 20.4 Å². The summed E-state index contributed by atoms with van der Waals surface area (Å²) in [7, 11) is 0. The highest BCUT2D eigenvalue weighted by atomic mass is 32.1. The van der Waals surface area contributed by atoms with Crippen molar-refractivity contribution >= 4 is 45.3 Å². The number of amides is 2. The quantitative estimate of drug-likeness (QED) is 0.546. The molecule has 25 heavy (non-hydrogen) atoms. The summed E-state index contributed by atoms with van der Waals surface area (Å²) < 4.78 is 8.19. The Balaban J connectivity index is 1.52. The second-order valence-electron chi connectivity index (χ2n) is 5.40. The highest BCUT2D eigenvalue weighted by Gasteiger charge is 2.12. The molecule has 0 fully saturated rings. The van der Waals surface area contributed by atoms with E-state index in [1.807, 2.05) is 36.4 Å². The van der Waals surface area contributed by atoms with Crippen LogP contribution in [0.2, 0.25) is 0 Å². The van der Waals surface area contributed by atoms with E-state index < -0.39 is 5.91 Å². The predicted octanol–water partition coefficient (Wildman–Crippen LogP) is 2.92. The lowest BCUT2D eigenvalue weighted by molar-refractivity contribution is 0.0847. The lowest BCUT2D eigenvalue weighted by Crippen LogP contribution is -2.41. The third kappa shape index (κ3) is 2.92. The van der Waals surface area contributed by atoms with Crippen molar-refractivity contribution in [3.63, 3.8) is 0 Å². The normalized spacial score (nSPS) is 10.7. The van der Waals surface area contributed by atoms with Crippen LogP contribution < -0.4 is 10.9 Å². The van der Waals surface area contributed by atoms with Gasteiger partial charge < -0.3 is 0 Å². The molecule has 0 aliphatic rings. The Bertz CT molecular complexity index is 1100. The lowest BCUT2D eigenvalue weighted by Gasteiger charge is -2.09. The van der Waals surface area contributed by atoms with Crippen LogP contribution in [0.5, 0.6) is 0 Å². The Labute approximate surface area is 146 Å². The molecule has 4 rings (SSSR count). The molecule has 2 amide bonds. The van der Waals surface area contributed by atoms with Gasteiger partial charge in [-0.1, -0.05) is 36.4 Å². The highest BCUT2D eigenvalue weighted by Crippen LogP contribution is 2.18. The molecule has 1 heterocycles. The van der Waals surface area contributed by atoms with Gasteiger partial charge in [-0.05, 0) is 35.0 Å². The van der Waals surface area contributed by atoms with Gasteiger partial charge in [0.2, 0.25) is 0 Å². The van der Waals surface area contributed by atoms with Crippen molar-refractivity contribution in [1.82, 2.24) is 19.6 Å². The maximum atomic E-state index is 12.4. The molecule has 122 valence electrons. The van der Waals surface area contributed by atoms with Gasteiger partial charge in [-0.15, -0.1) is 0 Å². The maximum absolute atomic E-state index is 12.4. The summed E-state index contributed by atoms with van der Waals surface area (Å²) in [5.41, 5.74) is 7.18. The number of benzene rings is 3. The first-order chi connectivity index (χ1) is 12.2. The first-order valence-corrected chi connectivity index (χ1v) is 8.26. The highest BCUT2D eigenvalue weighted by molar-refractivity contribution is 7.00. The van der Waals surface area contributed by atoms with Crippen LogP contribution in [-0.4, -0.2) is 20.6 Å². The average molecular weight is 348 g/mol.